The molecule has 0 aliphatic rings. The Bertz CT molecular complexity index is 617. The van der Waals surface area contributed by atoms with E-state index in [0.717, 1.165) is 0 Å². The molecule has 0 aromatic heterocycles. The van der Waals surface area contributed by atoms with E-state index < -0.39 is 5.78 Å². The molecule has 0 saturated heterocycles. The highest BCUT2D eigenvalue weighted by molar-refractivity contribution is 6.11. The third-order valence-electron chi connectivity index (χ3n) is 2.72. The zero-order valence-corrected chi connectivity index (χ0v) is 9.71. The number of carbonyl (C=O) groups is 1. The highest BCUT2D eigenvalue weighted by Gasteiger charge is 2.15. The zero-order chi connectivity index (χ0) is 13.3. The lowest BCUT2D eigenvalue weighted by Crippen LogP contribution is -2.02. The van der Waals surface area contributed by atoms with E-state index in [-0.39, 0.29) is 28.4 Å². The third kappa shape index (κ3) is 2.00. The zero-order valence-electron chi connectivity index (χ0n) is 9.71. The number of phenolic OH excluding ortho intramolecular Hbond substituents is 3. The SMILES string of the molecule is Cc1cccc(C(=O)c2ccc(O)c(O)c2)c1O. The van der Waals surface area contributed by atoms with Crippen molar-refractivity contribution in [2.24, 2.45) is 0 Å². The molecule has 18 heavy (non-hydrogen) atoms. The molecule has 0 spiro atoms. The second-order valence-corrected chi connectivity index (χ2v) is 4.00. The number of hydrogen-bond donors (Lipinski definition) is 3. The number of ketones is 1. The maximum atomic E-state index is 12.1. The Morgan fingerprint density at radius 2 is 1.72 bits per heavy atom. The van der Waals surface area contributed by atoms with Crippen LogP contribution in [-0.2, 0) is 0 Å². The molecule has 0 fully saturated rings. The number of hydrogen-bond acceptors (Lipinski definition) is 4. The Labute approximate surface area is 104 Å². The van der Waals surface area contributed by atoms with Gasteiger partial charge in [-0.05, 0) is 36.8 Å². The number of para-hydroxylation sites is 1. The highest BCUT2D eigenvalue weighted by Crippen LogP contribution is 2.29. The van der Waals surface area contributed by atoms with E-state index in [2.05, 4.69) is 0 Å². The summed E-state index contributed by atoms with van der Waals surface area (Å²) >= 11 is 0. The normalized spacial score (nSPS) is 10.3. The van der Waals surface area contributed by atoms with Gasteiger partial charge in [-0.15, -0.1) is 0 Å². The van der Waals surface area contributed by atoms with E-state index >= 15 is 0 Å². The van der Waals surface area contributed by atoms with Crippen LogP contribution in [0.5, 0.6) is 17.2 Å². The first-order valence-electron chi connectivity index (χ1n) is 5.36. The average Bonchev–Trinajstić information content (AvgIpc) is 2.35. The third-order valence-corrected chi connectivity index (χ3v) is 2.72. The lowest BCUT2D eigenvalue weighted by atomic mass is 10.00. The van der Waals surface area contributed by atoms with Crippen molar-refractivity contribution in [2.45, 2.75) is 6.92 Å². The summed E-state index contributed by atoms with van der Waals surface area (Å²) < 4.78 is 0. The lowest BCUT2D eigenvalue weighted by molar-refractivity contribution is 0.103. The van der Waals surface area contributed by atoms with Crippen LogP contribution in [0, 0.1) is 6.92 Å². The highest BCUT2D eigenvalue weighted by atomic mass is 16.3. The monoisotopic (exact) mass is 244 g/mol. The molecule has 0 atom stereocenters. The first-order chi connectivity index (χ1) is 8.50. The Morgan fingerprint density at radius 3 is 2.39 bits per heavy atom. The molecule has 0 aliphatic heterocycles. The fourth-order valence-electron chi connectivity index (χ4n) is 1.66. The van der Waals surface area contributed by atoms with Gasteiger partial charge in [-0.2, -0.15) is 0 Å². The van der Waals surface area contributed by atoms with Crippen molar-refractivity contribution in [3.8, 4) is 17.2 Å². The van der Waals surface area contributed by atoms with E-state index in [4.69, 9.17) is 0 Å². The number of aryl methyl sites for hydroxylation is 1. The van der Waals surface area contributed by atoms with Gasteiger partial charge in [-0.3, -0.25) is 4.79 Å². The number of carbonyl (C=O) groups excluding carboxylic acids is 1. The minimum atomic E-state index is -0.411. The molecule has 2 aromatic rings. The molecule has 2 rings (SSSR count). The van der Waals surface area contributed by atoms with Crippen molar-refractivity contribution in [1.82, 2.24) is 0 Å². The van der Waals surface area contributed by atoms with Gasteiger partial charge in [0.05, 0.1) is 5.56 Å². The Hall–Kier alpha value is -2.49. The van der Waals surface area contributed by atoms with Crippen LogP contribution in [0.1, 0.15) is 21.5 Å². The second-order valence-electron chi connectivity index (χ2n) is 4.00. The van der Waals surface area contributed by atoms with Gasteiger partial charge >= 0.3 is 0 Å². The largest absolute Gasteiger partial charge is 0.507 e. The van der Waals surface area contributed by atoms with Crippen LogP contribution in [0.2, 0.25) is 0 Å². The number of aromatic hydroxyl groups is 3. The summed E-state index contributed by atoms with van der Waals surface area (Å²) in [5, 5.41) is 28.4. The Balaban J connectivity index is 2.48. The first kappa shape index (κ1) is 12.0. The van der Waals surface area contributed by atoms with Gasteiger partial charge in [0, 0.05) is 5.56 Å². The molecule has 0 heterocycles. The van der Waals surface area contributed by atoms with Crippen LogP contribution in [0.4, 0.5) is 0 Å². The van der Waals surface area contributed by atoms with Gasteiger partial charge in [0.15, 0.2) is 17.3 Å². The molecular weight excluding hydrogens is 232 g/mol. The van der Waals surface area contributed by atoms with E-state index in [1.54, 1.807) is 19.1 Å². The fourth-order valence-corrected chi connectivity index (χ4v) is 1.66. The number of phenols is 3. The van der Waals surface area contributed by atoms with Crippen LogP contribution in [0.25, 0.3) is 0 Å². The molecular formula is C14H12O4. The van der Waals surface area contributed by atoms with Crippen molar-refractivity contribution >= 4 is 5.78 Å². The van der Waals surface area contributed by atoms with Gasteiger partial charge in [-0.25, -0.2) is 0 Å². The first-order valence-corrected chi connectivity index (χ1v) is 5.36. The number of rotatable bonds is 2. The molecule has 4 nitrogen and oxygen atoms in total. The van der Waals surface area contributed by atoms with Crippen molar-refractivity contribution in [2.75, 3.05) is 0 Å². The van der Waals surface area contributed by atoms with Gasteiger partial charge in [0.1, 0.15) is 5.75 Å². The van der Waals surface area contributed by atoms with Crippen molar-refractivity contribution in [3.63, 3.8) is 0 Å². The predicted octanol–water partition coefficient (Wildman–Crippen LogP) is 2.34. The summed E-state index contributed by atoms with van der Waals surface area (Å²) in [6, 6.07) is 8.66. The number of benzene rings is 2. The maximum Gasteiger partial charge on any atom is 0.196 e. The summed E-state index contributed by atoms with van der Waals surface area (Å²) in [5.41, 5.74) is 0.968. The Kier molecular flexibility index (Phi) is 2.93. The minimum absolute atomic E-state index is 0.0740. The molecule has 0 bridgehead atoms. The summed E-state index contributed by atoms with van der Waals surface area (Å²) in [6.45, 7) is 1.69. The van der Waals surface area contributed by atoms with Crippen LogP contribution < -0.4 is 0 Å². The molecule has 3 N–H and O–H groups in total. The quantitative estimate of drug-likeness (QED) is 0.559. The van der Waals surface area contributed by atoms with E-state index in [1.807, 2.05) is 0 Å². The summed E-state index contributed by atoms with van der Waals surface area (Å²) in [7, 11) is 0. The molecule has 0 amide bonds. The Morgan fingerprint density at radius 1 is 1.00 bits per heavy atom. The molecule has 92 valence electrons. The van der Waals surface area contributed by atoms with Crippen LogP contribution in [-0.4, -0.2) is 21.1 Å². The maximum absolute atomic E-state index is 12.1. The predicted molar refractivity (Wildman–Crippen MR) is 66.0 cm³/mol. The molecule has 0 radical (unpaired) electrons. The van der Waals surface area contributed by atoms with Crippen LogP contribution in [0.15, 0.2) is 36.4 Å². The summed E-state index contributed by atoms with van der Waals surface area (Å²) in [6.07, 6.45) is 0. The van der Waals surface area contributed by atoms with Crippen molar-refractivity contribution in [1.29, 1.82) is 0 Å². The van der Waals surface area contributed by atoms with Gasteiger partial charge in [0.2, 0.25) is 0 Å². The molecule has 0 aliphatic carbocycles. The van der Waals surface area contributed by atoms with Gasteiger partial charge in [0.25, 0.3) is 0 Å². The lowest BCUT2D eigenvalue weighted by Gasteiger charge is -2.07. The van der Waals surface area contributed by atoms with Crippen LogP contribution in [0.3, 0.4) is 0 Å². The van der Waals surface area contributed by atoms with Gasteiger partial charge < -0.3 is 15.3 Å². The molecule has 4 heteroatoms. The second kappa shape index (κ2) is 4.41. The summed E-state index contributed by atoms with van der Waals surface area (Å²) in [5.74, 6) is -1.14. The van der Waals surface area contributed by atoms with E-state index in [9.17, 15) is 20.1 Å². The van der Waals surface area contributed by atoms with Crippen molar-refractivity contribution in [3.05, 3.63) is 53.1 Å². The smallest absolute Gasteiger partial charge is 0.196 e. The molecule has 0 saturated carbocycles. The van der Waals surface area contributed by atoms with E-state index in [0.29, 0.717) is 5.56 Å². The van der Waals surface area contributed by atoms with Gasteiger partial charge in [-0.1, -0.05) is 12.1 Å². The molecule has 2 aromatic carbocycles. The topological polar surface area (TPSA) is 77.8 Å². The average molecular weight is 244 g/mol. The van der Waals surface area contributed by atoms with Crippen molar-refractivity contribution < 1.29 is 20.1 Å². The van der Waals surface area contributed by atoms with Crippen LogP contribution >= 0.6 is 0 Å². The fraction of sp³-hybridized carbons (Fsp3) is 0.0714. The molecule has 0 unspecified atom stereocenters. The van der Waals surface area contributed by atoms with E-state index in [1.165, 1.54) is 24.3 Å². The standard InChI is InChI=1S/C14H12O4/c1-8-3-2-4-10(13(8)17)14(18)9-5-6-11(15)12(16)7-9/h2-7,15-17H,1H3. The minimum Gasteiger partial charge on any atom is -0.507 e. The summed E-state index contributed by atoms with van der Waals surface area (Å²) in [4.78, 5) is 12.1.